The van der Waals surface area contributed by atoms with Gasteiger partial charge in [-0.05, 0) is 19.4 Å². The molecular formula is C7H13NOS. The number of rotatable bonds is 2. The molecule has 0 aromatic rings. The van der Waals surface area contributed by atoms with Crippen molar-refractivity contribution < 1.29 is 4.79 Å². The van der Waals surface area contributed by atoms with Crippen molar-refractivity contribution in [1.29, 1.82) is 0 Å². The molecule has 1 N–H and O–H groups in total. The molecule has 1 aliphatic rings. The summed E-state index contributed by atoms with van der Waals surface area (Å²) in [6, 6.07) is 0. The van der Waals surface area contributed by atoms with Gasteiger partial charge in [-0.15, -0.1) is 0 Å². The molecule has 0 aromatic heterocycles. The van der Waals surface area contributed by atoms with Crippen LogP contribution in [0.5, 0.6) is 0 Å². The molecule has 0 aromatic carbocycles. The van der Waals surface area contributed by atoms with E-state index in [4.69, 9.17) is 0 Å². The van der Waals surface area contributed by atoms with Crippen molar-refractivity contribution >= 4 is 18.9 Å². The van der Waals surface area contributed by atoms with E-state index in [2.05, 4.69) is 17.9 Å². The van der Waals surface area contributed by atoms with Crippen LogP contribution in [-0.4, -0.2) is 17.7 Å². The fourth-order valence-electron chi connectivity index (χ4n) is 1.25. The van der Waals surface area contributed by atoms with Gasteiger partial charge >= 0.3 is 0 Å². The molecule has 0 bridgehead atoms. The Balaban J connectivity index is 2.57. The van der Waals surface area contributed by atoms with E-state index in [0.29, 0.717) is 0 Å². The number of thiol groups is 1. The zero-order chi connectivity index (χ0) is 7.61. The lowest BCUT2D eigenvalue weighted by molar-refractivity contribution is -0.111. The molecule has 2 unspecified atom stereocenters. The fraction of sp³-hybridized carbons (Fsp3) is 0.857. The van der Waals surface area contributed by atoms with Crippen LogP contribution < -0.4 is 5.32 Å². The average molecular weight is 159 g/mol. The van der Waals surface area contributed by atoms with E-state index in [9.17, 15) is 4.79 Å². The maximum Gasteiger partial charge on any atom is 0.125 e. The van der Waals surface area contributed by atoms with E-state index in [1.54, 1.807) is 0 Å². The summed E-state index contributed by atoms with van der Waals surface area (Å²) in [7, 11) is 0. The molecule has 1 fully saturated rings. The highest BCUT2D eigenvalue weighted by atomic mass is 32.1. The van der Waals surface area contributed by atoms with Crippen LogP contribution in [0, 0.1) is 5.92 Å². The summed E-state index contributed by atoms with van der Waals surface area (Å²) in [5.74, 6) is 0.0123. The number of carbonyl (C=O) groups is 1. The van der Waals surface area contributed by atoms with Gasteiger partial charge in [0.2, 0.25) is 0 Å². The predicted molar refractivity (Wildman–Crippen MR) is 44.2 cm³/mol. The van der Waals surface area contributed by atoms with Crippen LogP contribution in [0.2, 0.25) is 0 Å². The van der Waals surface area contributed by atoms with Crippen molar-refractivity contribution in [3.63, 3.8) is 0 Å². The van der Waals surface area contributed by atoms with Crippen LogP contribution >= 0.6 is 12.6 Å². The first kappa shape index (κ1) is 8.08. The third-order valence-corrected chi connectivity index (χ3v) is 2.91. The van der Waals surface area contributed by atoms with Crippen molar-refractivity contribution in [2.24, 2.45) is 5.92 Å². The lowest BCUT2D eigenvalue weighted by Gasteiger charge is -2.26. The Morgan fingerprint density at radius 1 is 1.80 bits per heavy atom. The Kier molecular flexibility index (Phi) is 2.36. The Morgan fingerprint density at radius 2 is 2.50 bits per heavy atom. The molecule has 2 atom stereocenters. The van der Waals surface area contributed by atoms with Crippen molar-refractivity contribution in [2.45, 2.75) is 24.6 Å². The lowest BCUT2D eigenvalue weighted by Crippen LogP contribution is -2.40. The first-order valence-electron chi connectivity index (χ1n) is 3.62. The van der Waals surface area contributed by atoms with Gasteiger partial charge < -0.3 is 10.1 Å². The highest BCUT2D eigenvalue weighted by Gasteiger charge is 2.34. The minimum atomic E-state index is -0.220. The molecule has 0 amide bonds. The number of aldehydes is 1. The van der Waals surface area contributed by atoms with Gasteiger partial charge in [0, 0.05) is 5.92 Å². The summed E-state index contributed by atoms with van der Waals surface area (Å²) in [5.41, 5.74) is 0. The van der Waals surface area contributed by atoms with Gasteiger partial charge in [-0.25, -0.2) is 0 Å². The first-order chi connectivity index (χ1) is 4.69. The van der Waals surface area contributed by atoms with Gasteiger partial charge in [0.15, 0.2) is 0 Å². The van der Waals surface area contributed by atoms with E-state index >= 15 is 0 Å². The minimum Gasteiger partial charge on any atom is -0.303 e. The standard InChI is InChI=1S/C7H13NOS/c1-6(5-9)7(10)3-2-4-8-7/h5-6,8,10H,2-4H2,1H3. The second-order valence-electron chi connectivity index (χ2n) is 2.88. The summed E-state index contributed by atoms with van der Waals surface area (Å²) < 4.78 is 0. The topological polar surface area (TPSA) is 29.1 Å². The van der Waals surface area contributed by atoms with Gasteiger partial charge in [-0.1, -0.05) is 6.92 Å². The monoisotopic (exact) mass is 159 g/mol. The number of carbonyl (C=O) groups excluding carboxylic acids is 1. The summed E-state index contributed by atoms with van der Waals surface area (Å²) in [6.45, 7) is 2.89. The molecule has 0 radical (unpaired) electrons. The van der Waals surface area contributed by atoms with Crippen LogP contribution in [-0.2, 0) is 4.79 Å². The molecule has 58 valence electrons. The molecule has 3 heteroatoms. The Bertz CT molecular complexity index is 132. The Hall–Kier alpha value is -0.0200. The van der Waals surface area contributed by atoms with Gasteiger partial charge in [-0.2, -0.15) is 12.6 Å². The molecular weight excluding hydrogens is 146 g/mol. The van der Waals surface area contributed by atoms with E-state index in [0.717, 1.165) is 25.7 Å². The largest absolute Gasteiger partial charge is 0.303 e. The van der Waals surface area contributed by atoms with Crippen LogP contribution in [0.4, 0.5) is 0 Å². The summed E-state index contributed by atoms with van der Waals surface area (Å²) in [5, 5.41) is 3.22. The normalized spacial score (nSPS) is 35.8. The summed E-state index contributed by atoms with van der Waals surface area (Å²) >= 11 is 4.41. The van der Waals surface area contributed by atoms with Crippen molar-refractivity contribution in [3.8, 4) is 0 Å². The minimum absolute atomic E-state index is 0.0123. The highest BCUT2D eigenvalue weighted by Crippen LogP contribution is 2.29. The molecule has 10 heavy (non-hydrogen) atoms. The molecule has 1 aliphatic heterocycles. The molecule has 0 spiro atoms. The highest BCUT2D eigenvalue weighted by molar-refractivity contribution is 7.81. The first-order valence-corrected chi connectivity index (χ1v) is 4.06. The summed E-state index contributed by atoms with van der Waals surface area (Å²) in [4.78, 5) is 10.2. The molecule has 1 saturated heterocycles. The number of nitrogens with one attached hydrogen (secondary N) is 1. The van der Waals surface area contributed by atoms with Gasteiger partial charge in [0.05, 0.1) is 4.87 Å². The molecule has 1 heterocycles. The van der Waals surface area contributed by atoms with Crippen molar-refractivity contribution in [2.75, 3.05) is 6.54 Å². The molecule has 0 aliphatic carbocycles. The van der Waals surface area contributed by atoms with Crippen LogP contribution in [0.1, 0.15) is 19.8 Å². The third-order valence-electron chi connectivity index (χ3n) is 2.12. The lowest BCUT2D eigenvalue weighted by atomic mass is 10.0. The maximum atomic E-state index is 10.4. The maximum absolute atomic E-state index is 10.4. The molecule has 0 saturated carbocycles. The van der Waals surface area contributed by atoms with Crippen LogP contribution in [0.25, 0.3) is 0 Å². The second-order valence-corrected chi connectivity index (χ2v) is 3.68. The smallest absolute Gasteiger partial charge is 0.125 e. The second kappa shape index (κ2) is 2.93. The van der Waals surface area contributed by atoms with Gasteiger partial charge in [-0.3, -0.25) is 0 Å². The Labute approximate surface area is 66.8 Å². The third kappa shape index (κ3) is 1.35. The molecule has 2 nitrogen and oxygen atoms in total. The number of hydrogen-bond donors (Lipinski definition) is 2. The predicted octanol–water partition coefficient (Wildman–Crippen LogP) is 0.831. The average Bonchev–Trinajstić information content (AvgIpc) is 2.36. The van der Waals surface area contributed by atoms with Gasteiger partial charge in [0.1, 0.15) is 6.29 Å². The van der Waals surface area contributed by atoms with Crippen molar-refractivity contribution in [3.05, 3.63) is 0 Å². The van der Waals surface area contributed by atoms with Crippen LogP contribution in [0.15, 0.2) is 0 Å². The summed E-state index contributed by atoms with van der Waals surface area (Å²) in [6.07, 6.45) is 3.09. The van der Waals surface area contributed by atoms with Gasteiger partial charge in [0.25, 0.3) is 0 Å². The van der Waals surface area contributed by atoms with E-state index in [1.807, 2.05) is 6.92 Å². The van der Waals surface area contributed by atoms with E-state index in [1.165, 1.54) is 0 Å². The zero-order valence-corrected chi connectivity index (χ0v) is 7.03. The Morgan fingerprint density at radius 3 is 2.90 bits per heavy atom. The SMILES string of the molecule is CC(C=O)C1(S)CCCN1. The van der Waals surface area contributed by atoms with Crippen molar-refractivity contribution in [1.82, 2.24) is 5.32 Å². The van der Waals surface area contributed by atoms with Crippen LogP contribution in [0.3, 0.4) is 0 Å². The van der Waals surface area contributed by atoms with E-state index in [-0.39, 0.29) is 10.8 Å². The fourth-order valence-corrected chi connectivity index (χ4v) is 1.58. The number of hydrogen-bond acceptors (Lipinski definition) is 3. The quantitative estimate of drug-likeness (QED) is 0.461. The molecule has 1 rings (SSSR count). The van der Waals surface area contributed by atoms with E-state index < -0.39 is 0 Å². The zero-order valence-electron chi connectivity index (χ0n) is 6.13.